The Balaban J connectivity index is 2.37. The predicted octanol–water partition coefficient (Wildman–Crippen LogP) is 2.86. The van der Waals surface area contributed by atoms with Crippen molar-refractivity contribution >= 4 is 21.6 Å². The first-order valence-electron chi connectivity index (χ1n) is 8.46. The first-order valence-corrected chi connectivity index (χ1v) is 10.3. The van der Waals surface area contributed by atoms with E-state index < -0.39 is 16.1 Å². The summed E-state index contributed by atoms with van der Waals surface area (Å²) in [4.78, 5) is 14.6. The maximum Gasteiger partial charge on any atom is 0.246 e. The molecule has 1 aliphatic carbocycles. The SMILES string of the molecule is Cc1ccc(C)c(N([C@H](C)C(=O)N(C)C2CCCC2)S(C)(=O)=O)c1. The van der Waals surface area contributed by atoms with E-state index in [1.807, 2.05) is 32.0 Å². The zero-order valence-electron chi connectivity index (χ0n) is 15.2. The van der Waals surface area contributed by atoms with Gasteiger partial charge in [0.15, 0.2) is 0 Å². The summed E-state index contributed by atoms with van der Waals surface area (Å²) >= 11 is 0. The lowest BCUT2D eigenvalue weighted by Crippen LogP contribution is -2.50. The largest absolute Gasteiger partial charge is 0.341 e. The van der Waals surface area contributed by atoms with Gasteiger partial charge in [-0.3, -0.25) is 9.10 Å². The summed E-state index contributed by atoms with van der Waals surface area (Å²) in [6, 6.07) is 5.12. The minimum atomic E-state index is -3.57. The molecule has 2 rings (SSSR count). The van der Waals surface area contributed by atoms with Gasteiger partial charge in [0.25, 0.3) is 0 Å². The maximum atomic E-state index is 12.9. The molecule has 0 unspecified atom stereocenters. The van der Waals surface area contributed by atoms with Crippen LogP contribution in [0.5, 0.6) is 0 Å². The average Bonchev–Trinajstić information content (AvgIpc) is 3.02. The molecular formula is C18H28N2O3S. The Kier molecular flexibility index (Phi) is 5.58. The number of sulfonamides is 1. The van der Waals surface area contributed by atoms with E-state index in [1.54, 1.807) is 18.9 Å². The lowest BCUT2D eigenvalue weighted by molar-refractivity contribution is -0.132. The predicted molar refractivity (Wildman–Crippen MR) is 97.7 cm³/mol. The molecule has 0 saturated heterocycles. The summed E-state index contributed by atoms with van der Waals surface area (Å²) in [7, 11) is -1.78. The molecule has 0 aliphatic heterocycles. The Morgan fingerprint density at radius 2 is 1.79 bits per heavy atom. The number of aryl methyl sites for hydroxylation is 2. The van der Waals surface area contributed by atoms with Gasteiger partial charge < -0.3 is 4.90 Å². The zero-order chi connectivity index (χ0) is 18.1. The van der Waals surface area contributed by atoms with Gasteiger partial charge in [0, 0.05) is 13.1 Å². The summed E-state index contributed by atoms with van der Waals surface area (Å²) in [5, 5.41) is 0. The van der Waals surface area contributed by atoms with Crippen LogP contribution in [-0.4, -0.2) is 44.6 Å². The number of carbonyl (C=O) groups excluding carboxylic acids is 1. The Labute approximate surface area is 145 Å². The molecule has 1 saturated carbocycles. The molecule has 0 spiro atoms. The van der Waals surface area contributed by atoms with Gasteiger partial charge in [-0.2, -0.15) is 0 Å². The molecule has 0 heterocycles. The number of hydrogen-bond acceptors (Lipinski definition) is 3. The van der Waals surface area contributed by atoms with E-state index >= 15 is 0 Å². The lowest BCUT2D eigenvalue weighted by Gasteiger charge is -2.34. The van der Waals surface area contributed by atoms with Crippen LogP contribution in [0, 0.1) is 13.8 Å². The van der Waals surface area contributed by atoms with E-state index in [2.05, 4.69) is 0 Å². The number of amides is 1. The molecule has 1 amide bonds. The number of anilines is 1. The van der Waals surface area contributed by atoms with Gasteiger partial charge in [-0.05, 0) is 50.8 Å². The molecule has 1 fully saturated rings. The van der Waals surface area contributed by atoms with E-state index in [9.17, 15) is 13.2 Å². The van der Waals surface area contributed by atoms with Gasteiger partial charge >= 0.3 is 0 Å². The maximum absolute atomic E-state index is 12.9. The molecular weight excluding hydrogens is 324 g/mol. The third-order valence-corrected chi connectivity index (χ3v) is 6.12. The molecule has 134 valence electrons. The standard InChI is InChI=1S/C18H28N2O3S/c1-13-10-11-14(2)17(12-13)20(24(5,22)23)15(3)18(21)19(4)16-8-6-7-9-16/h10-12,15-16H,6-9H2,1-5H3/t15-/m1/s1. The highest BCUT2D eigenvalue weighted by molar-refractivity contribution is 7.92. The fraction of sp³-hybridized carbons (Fsp3) is 0.611. The van der Waals surface area contributed by atoms with Gasteiger partial charge in [-0.1, -0.05) is 25.0 Å². The molecule has 1 atom stereocenters. The average molecular weight is 353 g/mol. The van der Waals surface area contributed by atoms with Gasteiger partial charge in [0.2, 0.25) is 15.9 Å². The smallest absolute Gasteiger partial charge is 0.246 e. The summed E-state index contributed by atoms with van der Waals surface area (Å²) in [6.45, 7) is 5.46. The summed E-state index contributed by atoms with van der Waals surface area (Å²) in [6.07, 6.45) is 5.41. The van der Waals surface area contributed by atoms with Crippen molar-refractivity contribution in [2.45, 2.75) is 58.5 Å². The van der Waals surface area contributed by atoms with Crippen molar-refractivity contribution < 1.29 is 13.2 Å². The van der Waals surface area contributed by atoms with Gasteiger partial charge in [-0.25, -0.2) is 8.42 Å². The highest BCUT2D eigenvalue weighted by Crippen LogP contribution is 2.28. The molecule has 0 radical (unpaired) electrons. The second kappa shape index (κ2) is 7.13. The lowest BCUT2D eigenvalue weighted by atomic mass is 10.1. The molecule has 1 aromatic rings. The first kappa shape index (κ1) is 18.8. The van der Waals surface area contributed by atoms with Crippen molar-refractivity contribution in [2.75, 3.05) is 17.6 Å². The Morgan fingerprint density at radius 3 is 2.33 bits per heavy atom. The van der Waals surface area contributed by atoms with Crippen molar-refractivity contribution in [2.24, 2.45) is 0 Å². The fourth-order valence-electron chi connectivity index (χ4n) is 3.50. The molecule has 0 aromatic heterocycles. The number of benzene rings is 1. The van der Waals surface area contributed by atoms with Crippen LogP contribution in [0.15, 0.2) is 18.2 Å². The highest BCUT2D eigenvalue weighted by Gasteiger charge is 2.34. The summed E-state index contributed by atoms with van der Waals surface area (Å²) < 4.78 is 26.1. The molecule has 1 aliphatic rings. The van der Waals surface area contributed by atoms with Crippen molar-refractivity contribution in [3.05, 3.63) is 29.3 Å². The normalized spacial score (nSPS) is 16.9. The third kappa shape index (κ3) is 3.91. The molecule has 24 heavy (non-hydrogen) atoms. The summed E-state index contributed by atoms with van der Waals surface area (Å²) in [5.41, 5.74) is 2.39. The molecule has 5 nitrogen and oxygen atoms in total. The number of nitrogens with zero attached hydrogens (tertiary/aromatic N) is 2. The number of rotatable bonds is 5. The second-order valence-corrected chi connectivity index (χ2v) is 8.77. The molecule has 6 heteroatoms. The molecule has 0 N–H and O–H groups in total. The second-order valence-electron chi connectivity index (χ2n) is 6.91. The van der Waals surface area contributed by atoms with Crippen molar-refractivity contribution in [3.63, 3.8) is 0 Å². The Morgan fingerprint density at radius 1 is 1.21 bits per heavy atom. The third-order valence-electron chi connectivity index (χ3n) is 4.89. The quantitative estimate of drug-likeness (QED) is 0.819. The van der Waals surface area contributed by atoms with E-state index in [0.29, 0.717) is 5.69 Å². The zero-order valence-corrected chi connectivity index (χ0v) is 16.1. The topological polar surface area (TPSA) is 57.7 Å². The van der Waals surface area contributed by atoms with E-state index in [0.717, 1.165) is 43.1 Å². The Bertz CT molecular complexity index is 709. The van der Waals surface area contributed by atoms with Crippen molar-refractivity contribution in [3.8, 4) is 0 Å². The number of likely N-dealkylation sites (N-methyl/N-ethyl adjacent to an activating group) is 1. The van der Waals surface area contributed by atoms with Crippen LogP contribution in [0.2, 0.25) is 0 Å². The Hall–Kier alpha value is -1.56. The number of carbonyl (C=O) groups is 1. The van der Waals surface area contributed by atoms with E-state index in [4.69, 9.17) is 0 Å². The van der Waals surface area contributed by atoms with Crippen molar-refractivity contribution in [1.82, 2.24) is 4.90 Å². The van der Waals surface area contributed by atoms with E-state index in [1.165, 1.54) is 4.31 Å². The van der Waals surface area contributed by atoms with Crippen molar-refractivity contribution in [1.29, 1.82) is 0 Å². The fourth-order valence-corrected chi connectivity index (χ4v) is 4.72. The minimum Gasteiger partial charge on any atom is -0.341 e. The van der Waals surface area contributed by atoms with Crippen LogP contribution < -0.4 is 4.31 Å². The molecule has 1 aromatic carbocycles. The number of hydrogen-bond donors (Lipinski definition) is 0. The van der Waals surface area contributed by atoms with Crippen LogP contribution in [0.4, 0.5) is 5.69 Å². The van der Waals surface area contributed by atoms with Crippen LogP contribution in [-0.2, 0) is 14.8 Å². The van der Waals surface area contributed by atoms with E-state index in [-0.39, 0.29) is 11.9 Å². The van der Waals surface area contributed by atoms with Gasteiger partial charge in [0.1, 0.15) is 6.04 Å². The van der Waals surface area contributed by atoms with Crippen LogP contribution in [0.3, 0.4) is 0 Å². The van der Waals surface area contributed by atoms with Gasteiger partial charge in [-0.15, -0.1) is 0 Å². The highest BCUT2D eigenvalue weighted by atomic mass is 32.2. The molecule has 0 bridgehead atoms. The monoisotopic (exact) mass is 352 g/mol. The van der Waals surface area contributed by atoms with Crippen LogP contribution in [0.1, 0.15) is 43.7 Å². The summed E-state index contributed by atoms with van der Waals surface area (Å²) in [5.74, 6) is -0.145. The van der Waals surface area contributed by atoms with Gasteiger partial charge in [0.05, 0.1) is 11.9 Å². The van der Waals surface area contributed by atoms with Crippen LogP contribution >= 0.6 is 0 Å². The minimum absolute atomic E-state index is 0.145. The first-order chi connectivity index (χ1) is 11.1. The van der Waals surface area contributed by atoms with Crippen LogP contribution in [0.25, 0.3) is 0 Å².